The number of likely N-dealkylation sites (tertiary alicyclic amines) is 1. The van der Waals surface area contributed by atoms with Gasteiger partial charge in [0.2, 0.25) is 10.0 Å². The molecule has 5 fully saturated rings. The van der Waals surface area contributed by atoms with E-state index in [9.17, 15) is 13.2 Å². The van der Waals surface area contributed by atoms with Gasteiger partial charge in [0.25, 0.3) is 0 Å². The summed E-state index contributed by atoms with van der Waals surface area (Å²) < 4.78 is 39.9. The minimum absolute atomic E-state index is 0.0537. The topological polar surface area (TPSA) is 84.9 Å². The monoisotopic (exact) mass is 638 g/mol. The lowest BCUT2D eigenvalue weighted by molar-refractivity contribution is -0.0802. The van der Waals surface area contributed by atoms with Crippen LogP contribution in [-0.2, 0) is 26.1 Å². The summed E-state index contributed by atoms with van der Waals surface area (Å²) in [5, 5.41) is 0. The highest BCUT2D eigenvalue weighted by atomic mass is 32.2. The van der Waals surface area contributed by atoms with E-state index in [1.807, 2.05) is 35.2 Å². The van der Waals surface area contributed by atoms with Gasteiger partial charge >= 0.3 is 6.09 Å². The zero-order valence-corrected chi connectivity index (χ0v) is 28.8. The fourth-order valence-electron chi connectivity index (χ4n) is 11.5. The van der Waals surface area contributed by atoms with E-state index < -0.39 is 10.0 Å². The number of benzene rings is 1. The molecule has 1 N–H and O–H groups in total. The Labute approximate surface area is 270 Å². The highest BCUT2D eigenvalue weighted by molar-refractivity contribution is 7.88. The van der Waals surface area contributed by atoms with Crippen LogP contribution in [0.15, 0.2) is 41.5 Å². The molecule has 1 aromatic carbocycles. The quantitative estimate of drug-likeness (QED) is 0.357. The van der Waals surface area contributed by atoms with Crippen molar-refractivity contribution in [3.63, 3.8) is 0 Å². The molecule has 1 spiro atoms. The molecule has 8 heteroatoms. The Bertz CT molecular complexity index is 1430. The number of carbonyl (C=O) groups excluding carboxylic acids is 1. The summed E-state index contributed by atoms with van der Waals surface area (Å²) in [6.07, 6.45) is 12.1. The number of piperidine rings is 1. The molecular weight excluding hydrogens is 584 g/mol. The number of hydrogen-bond donors (Lipinski definition) is 1. The Morgan fingerprint density at radius 1 is 1.09 bits per heavy atom. The van der Waals surface area contributed by atoms with E-state index in [-0.39, 0.29) is 35.8 Å². The largest absolute Gasteiger partial charge is 0.445 e. The van der Waals surface area contributed by atoms with Crippen LogP contribution >= 0.6 is 0 Å². The minimum atomic E-state index is -3.18. The van der Waals surface area contributed by atoms with E-state index >= 15 is 0 Å². The van der Waals surface area contributed by atoms with Crippen molar-refractivity contribution < 1.29 is 22.7 Å². The lowest BCUT2D eigenvalue weighted by Crippen LogP contribution is -2.54. The number of nitrogens with one attached hydrogen (secondary N) is 1. The van der Waals surface area contributed by atoms with Crippen LogP contribution in [0.1, 0.15) is 97.5 Å². The number of amides is 1. The second-order valence-electron chi connectivity index (χ2n) is 16.3. The number of carbonyl (C=O) groups is 1. The van der Waals surface area contributed by atoms with Gasteiger partial charge in [0.1, 0.15) is 6.61 Å². The summed E-state index contributed by atoms with van der Waals surface area (Å²) in [7, 11) is -3.18. The average Bonchev–Trinajstić information content (AvgIpc) is 3.45. The van der Waals surface area contributed by atoms with Crippen LogP contribution in [0.2, 0.25) is 0 Å². The van der Waals surface area contributed by atoms with E-state index in [1.54, 1.807) is 5.57 Å². The molecule has 1 aromatic rings. The molecule has 0 aromatic heterocycles. The second-order valence-corrected chi connectivity index (χ2v) is 18.1. The average molecular weight is 639 g/mol. The molecule has 3 saturated carbocycles. The maximum absolute atomic E-state index is 13.6. The first-order valence-corrected chi connectivity index (χ1v) is 19.6. The Kier molecular flexibility index (Phi) is 8.21. The van der Waals surface area contributed by atoms with Crippen molar-refractivity contribution in [2.24, 2.45) is 40.9 Å². The molecule has 2 heterocycles. The van der Waals surface area contributed by atoms with Crippen LogP contribution in [0.4, 0.5) is 4.79 Å². The number of nitrogens with zero attached hydrogens (tertiary/aromatic N) is 1. The smallest absolute Gasteiger partial charge is 0.410 e. The van der Waals surface area contributed by atoms with E-state index in [4.69, 9.17) is 9.47 Å². The Morgan fingerprint density at radius 2 is 1.87 bits per heavy atom. The molecule has 2 aliphatic heterocycles. The van der Waals surface area contributed by atoms with Gasteiger partial charge in [-0.1, -0.05) is 62.2 Å². The molecule has 45 heavy (non-hydrogen) atoms. The van der Waals surface area contributed by atoms with Crippen LogP contribution < -0.4 is 4.72 Å². The molecule has 7 nitrogen and oxygen atoms in total. The van der Waals surface area contributed by atoms with Gasteiger partial charge in [0.05, 0.1) is 24.0 Å². The van der Waals surface area contributed by atoms with Gasteiger partial charge in [0.15, 0.2) is 0 Å². The highest BCUT2D eigenvalue weighted by Gasteiger charge is 2.61. The molecular formula is C37H54N2O5S. The summed E-state index contributed by atoms with van der Waals surface area (Å²) in [6, 6.07) is 10.1. The number of rotatable bonds is 4. The van der Waals surface area contributed by atoms with Crippen molar-refractivity contribution in [1.82, 2.24) is 9.62 Å². The van der Waals surface area contributed by atoms with Crippen molar-refractivity contribution in [2.45, 2.75) is 122 Å². The number of hydrogen-bond acceptors (Lipinski definition) is 5. The highest BCUT2D eigenvalue weighted by Crippen LogP contribution is 2.65. The number of allylic oxidation sites excluding steroid dienone is 1. The lowest BCUT2D eigenvalue weighted by Gasteiger charge is -2.54. The summed E-state index contributed by atoms with van der Waals surface area (Å²) in [4.78, 5) is 15.6. The first-order valence-electron chi connectivity index (χ1n) is 17.7. The molecule has 6 aliphatic rings. The van der Waals surface area contributed by atoms with Crippen LogP contribution in [0, 0.1) is 40.9 Å². The maximum Gasteiger partial charge on any atom is 0.410 e. The summed E-state index contributed by atoms with van der Waals surface area (Å²) in [6.45, 7) is 10.5. The van der Waals surface area contributed by atoms with Crippen molar-refractivity contribution >= 4 is 16.1 Å². The van der Waals surface area contributed by atoms with Gasteiger partial charge in [-0.25, -0.2) is 17.9 Å². The van der Waals surface area contributed by atoms with E-state index in [0.717, 1.165) is 50.6 Å². The molecule has 7 rings (SSSR count). The number of fused-ring (bicyclic) bond motifs is 6. The van der Waals surface area contributed by atoms with Crippen LogP contribution in [-0.4, -0.2) is 56.0 Å². The fraction of sp³-hybridized carbons (Fsp3) is 0.757. The Balaban J connectivity index is 1.08. The maximum atomic E-state index is 13.6. The van der Waals surface area contributed by atoms with Crippen LogP contribution in [0.25, 0.3) is 0 Å². The molecule has 1 amide bonds. The van der Waals surface area contributed by atoms with Crippen LogP contribution in [0.3, 0.4) is 0 Å². The number of sulfonamides is 1. The summed E-state index contributed by atoms with van der Waals surface area (Å²) >= 11 is 0. The molecule has 2 saturated heterocycles. The van der Waals surface area contributed by atoms with Gasteiger partial charge < -0.3 is 14.4 Å². The molecule has 0 unspecified atom stereocenters. The Hall–Kier alpha value is -1.90. The summed E-state index contributed by atoms with van der Waals surface area (Å²) in [5.41, 5.74) is 4.31. The van der Waals surface area contributed by atoms with Gasteiger partial charge in [-0.3, -0.25) is 0 Å². The predicted molar refractivity (Wildman–Crippen MR) is 176 cm³/mol. The minimum Gasteiger partial charge on any atom is -0.445 e. The first kappa shape index (κ1) is 31.7. The SMILES string of the molecule is CC1=C2C[C@H]3[C@@H](CC[C@@H]4C[C@H](NS(C)(=O)=O)CC[C@@]43C)[C@@H]2CC[C@@]2(C1)O[C@@H]1C[C@H](C)CN(C(=O)OCc3ccccc3)[C@H]1[C@H]2C. The molecule has 0 bridgehead atoms. The van der Waals surface area contributed by atoms with Gasteiger partial charge in [-0.15, -0.1) is 0 Å². The van der Waals surface area contributed by atoms with Crippen molar-refractivity contribution in [1.29, 1.82) is 0 Å². The van der Waals surface area contributed by atoms with Crippen molar-refractivity contribution in [3.8, 4) is 0 Å². The van der Waals surface area contributed by atoms with Gasteiger partial charge in [-0.2, -0.15) is 0 Å². The van der Waals surface area contributed by atoms with Crippen molar-refractivity contribution in [2.75, 3.05) is 12.8 Å². The lowest BCUT2D eigenvalue weighted by atomic mass is 9.52. The fourth-order valence-corrected chi connectivity index (χ4v) is 12.3. The van der Waals surface area contributed by atoms with Gasteiger partial charge in [0, 0.05) is 18.5 Å². The summed E-state index contributed by atoms with van der Waals surface area (Å²) in [5.74, 6) is 3.26. The third kappa shape index (κ3) is 5.69. The normalized spacial score (nSPS) is 42.9. The Morgan fingerprint density at radius 3 is 2.62 bits per heavy atom. The number of ether oxygens (including phenoxy) is 2. The van der Waals surface area contributed by atoms with E-state index in [1.165, 1.54) is 37.5 Å². The third-order valence-electron chi connectivity index (χ3n) is 13.6. The standard InChI is InChI=1S/C37H54N2O5S/c1-23-17-33-34(39(21-23)35(40)43-22-26-9-7-6-8-10-26)25(3)37(44-33)16-14-29-30-12-11-27-18-28(38-45(5,41)42)13-15-36(27,4)32(30)19-31(29)24(2)20-37/h6-10,23,25,27-30,32-34,38H,11-22H2,1-5H3/t23-,25+,27+,28+,29-,30-,32-,33+,34-,36-,37-/m0/s1. The van der Waals surface area contributed by atoms with Gasteiger partial charge in [-0.05, 0) is 112 Å². The van der Waals surface area contributed by atoms with Crippen LogP contribution in [0.5, 0.6) is 0 Å². The van der Waals surface area contributed by atoms with E-state index in [0.29, 0.717) is 41.6 Å². The second kappa shape index (κ2) is 11.7. The molecule has 4 aliphatic carbocycles. The first-order chi connectivity index (χ1) is 21.4. The van der Waals surface area contributed by atoms with E-state index in [2.05, 4.69) is 32.4 Å². The molecule has 248 valence electrons. The third-order valence-corrected chi connectivity index (χ3v) is 14.3. The molecule has 0 radical (unpaired) electrons. The zero-order chi connectivity index (χ0) is 31.7. The zero-order valence-electron chi connectivity index (χ0n) is 28.0. The predicted octanol–water partition coefficient (Wildman–Crippen LogP) is 7.08. The molecule has 11 atom stereocenters. The van der Waals surface area contributed by atoms with Crippen molar-refractivity contribution in [3.05, 3.63) is 47.0 Å².